The second-order valence-electron chi connectivity index (χ2n) is 7.06. The molecule has 0 radical (unpaired) electrons. The van der Waals surface area contributed by atoms with Crippen LogP contribution in [0.3, 0.4) is 0 Å². The number of hydrogen-bond acceptors (Lipinski definition) is 7. The Labute approximate surface area is 174 Å². The maximum absolute atomic E-state index is 12.6. The van der Waals surface area contributed by atoms with Crippen LogP contribution in [-0.2, 0) is 26.0 Å². The van der Waals surface area contributed by atoms with Gasteiger partial charge in [-0.1, -0.05) is 0 Å². The first-order chi connectivity index (χ1) is 14.0. The number of carbonyl (C=O) groups excluding carboxylic acids is 1. The summed E-state index contributed by atoms with van der Waals surface area (Å²) in [7, 11) is -3.43. The molecule has 0 spiro atoms. The molecule has 1 N–H and O–H groups in total. The van der Waals surface area contributed by atoms with Gasteiger partial charge >= 0.3 is 0 Å². The third kappa shape index (κ3) is 4.77. The van der Waals surface area contributed by atoms with Crippen molar-refractivity contribution in [2.24, 2.45) is 0 Å². The van der Waals surface area contributed by atoms with Gasteiger partial charge in [0.25, 0.3) is 10.0 Å². The molecule has 2 aliphatic heterocycles. The lowest BCUT2D eigenvalue weighted by Gasteiger charge is -2.27. The zero-order valence-corrected chi connectivity index (χ0v) is 17.7. The zero-order valence-electron chi connectivity index (χ0n) is 16.0. The predicted octanol–water partition coefficient (Wildman–Crippen LogP) is 1.95. The first-order valence-electron chi connectivity index (χ1n) is 9.70. The molecule has 0 aliphatic carbocycles. The van der Waals surface area contributed by atoms with Gasteiger partial charge in [-0.3, -0.25) is 4.79 Å². The van der Waals surface area contributed by atoms with Crippen molar-refractivity contribution < 1.29 is 17.9 Å². The van der Waals surface area contributed by atoms with E-state index in [4.69, 9.17) is 4.74 Å². The monoisotopic (exact) mass is 436 g/mol. The predicted molar refractivity (Wildman–Crippen MR) is 112 cm³/mol. The van der Waals surface area contributed by atoms with E-state index in [1.54, 1.807) is 18.3 Å². The minimum Gasteiger partial charge on any atom is -0.378 e. The summed E-state index contributed by atoms with van der Waals surface area (Å²) in [4.78, 5) is 19.6. The number of pyridine rings is 1. The van der Waals surface area contributed by atoms with Crippen LogP contribution in [0.1, 0.15) is 17.7 Å². The van der Waals surface area contributed by atoms with E-state index in [-0.39, 0.29) is 12.3 Å². The largest absolute Gasteiger partial charge is 0.378 e. The number of nitrogens with one attached hydrogen (secondary N) is 1. The van der Waals surface area contributed by atoms with Crippen LogP contribution in [0, 0.1) is 0 Å². The molecule has 4 heterocycles. The number of thiophene rings is 1. The minimum atomic E-state index is -3.43. The van der Waals surface area contributed by atoms with Crippen LogP contribution in [0.4, 0.5) is 11.5 Å². The smallest absolute Gasteiger partial charge is 0.252 e. The highest BCUT2D eigenvalue weighted by molar-refractivity contribution is 7.91. The van der Waals surface area contributed by atoms with Crippen molar-refractivity contribution in [3.8, 4) is 0 Å². The van der Waals surface area contributed by atoms with Gasteiger partial charge < -0.3 is 15.0 Å². The van der Waals surface area contributed by atoms with Gasteiger partial charge in [-0.2, -0.15) is 4.31 Å². The lowest BCUT2D eigenvalue weighted by molar-refractivity contribution is -0.115. The van der Waals surface area contributed by atoms with Gasteiger partial charge in [-0.15, -0.1) is 11.3 Å². The SMILES string of the molecule is O=C(Cc1ccc(S(=O)(=O)N2CCCC2)s1)Nc1ccc(N2CCOCC2)nc1. The summed E-state index contributed by atoms with van der Waals surface area (Å²) < 4.78 is 32.4. The normalized spacial score (nSPS) is 18.1. The number of morpholine rings is 1. The molecule has 0 aromatic carbocycles. The Balaban J connectivity index is 1.34. The molecule has 10 heteroatoms. The van der Waals surface area contributed by atoms with Crippen LogP contribution in [0.5, 0.6) is 0 Å². The molecule has 8 nitrogen and oxygen atoms in total. The molecule has 0 atom stereocenters. The molecule has 2 aliphatic rings. The number of carbonyl (C=O) groups is 1. The Hall–Kier alpha value is -2.01. The highest BCUT2D eigenvalue weighted by Crippen LogP contribution is 2.27. The number of sulfonamides is 1. The van der Waals surface area contributed by atoms with Gasteiger partial charge in [-0.25, -0.2) is 13.4 Å². The Kier molecular flexibility index (Phi) is 6.14. The maximum atomic E-state index is 12.6. The van der Waals surface area contributed by atoms with E-state index in [9.17, 15) is 13.2 Å². The van der Waals surface area contributed by atoms with Crippen molar-refractivity contribution in [3.63, 3.8) is 0 Å². The zero-order chi connectivity index (χ0) is 20.3. The number of rotatable bonds is 6. The minimum absolute atomic E-state index is 0.130. The highest BCUT2D eigenvalue weighted by Gasteiger charge is 2.28. The number of aromatic nitrogens is 1. The number of anilines is 2. The van der Waals surface area contributed by atoms with Gasteiger partial charge in [0.1, 0.15) is 10.0 Å². The van der Waals surface area contributed by atoms with E-state index in [1.807, 2.05) is 12.1 Å². The van der Waals surface area contributed by atoms with Crippen LogP contribution < -0.4 is 10.2 Å². The first-order valence-corrected chi connectivity index (χ1v) is 12.0. The van der Waals surface area contributed by atoms with Gasteiger partial charge in [0.15, 0.2) is 0 Å². The summed E-state index contributed by atoms with van der Waals surface area (Å²) >= 11 is 1.16. The first kappa shape index (κ1) is 20.3. The Bertz CT molecular complexity index is 947. The molecule has 0 bridgehead atoms. The lowest BCUT2D eigenvalue weighted by atomic mass is 10.3. The van der Waals surface area contributed by atoms with Crippen LogP contribution in [0.2, 0.25) is 0 Å². The molecule has 29 heavy (non-hydrogen) atoms. The van der Waals surface area contributed by atoms with Crippen molar-refractivity contribution in [1.29, 1.82) is 0 Å². The standard InChI is InChI=1S/C19H24N4O4S2/c24-18(21-15-3-5-17(20-14-15)22-9-11-27-12-10-22)13-16-4-6-19(28-16)29(25,26)23-7-1-2-8-23/h3-6,14H,1-2,7-13H2,(H,21,24). The molecule has 2 aromatic rings. The summed E-state index contributed by atoms with van der Waals surface area (Å²) in [6, 6.07) is 7.02. The van der Waals surface area contributed by atoms with Crippen molar-refractivity contribution in [2.75, 3.05) is 49.6 Å². The van der Waals surface area contributed by atoms with Gasteiger partial charge in [0, 0.05) is 31.1 Å². The maximum Gasteiger partial charge on any atom is 0.252 e. The van der Waals surface area contributed by atoms with Gasteiger partial charge in [0.2, 0.25) is 5.91 Å². The number of nitrogens with zero attached hydrogens (tertiary/aromatic N) is 3. The fourth-order valence-corrected chi connectivity index (χ4v) is 6.48. The average Bonchev–Trinajstić information content (AvgIpc) is 3.42. The van der Waals surface area contributed by atoms with Gasteiger partial charge in [0.05, 0.1) is 31.5 Å². The molecule has 2 fully saturated rings. The fourth-order valence-electron chi connectivity index (χ4n) is 3.45. The van der Waals surface area contributed by atoms with Gasteiger partial charge in [-0.05, 0) is 37.1 Å². The molecule has 0 saturated carbocycles. The number of amides is 1. The summed E-state index contributed by atoms with van der Waals surface area (Å²) in [5.41, 5.74) is 0.619. The van der Waals surface area contributed by atoms with Crippen LogP contribution in [0.25, 0.3) is 0 Å². The topological polar surface area (TPSA) is 91.8 Å². The summed E-state index contributed by atoms with van der Waals surface area (Å²) in [6.07, 6.45) is 3.57. The van der Waals surface area contributed by atoms with Crippen molar-refractivity contribution in [2.45, 2.75) is 23.5 Å². The van der Waals surface area contributed by atoms with Crippen molar-refractivity contribution in [3.05, 3.63) is 35.3 Å². The molecular formula is C19H24N4O4S2. The Morgan fingerprint density at radius 3 is 2.55 bits per heavy atom. The fraction of sp³-hybridized carbons (Fsp3) is 0.474. The molecule has 1 amide bonds. The Morgan fingerprint density at radius 1 is 1.10 bits per heavy atom. The highest BCUT2D eigenvalue weighted by atomic mass is 32.2. The van der Waals surface area contributed by atoms with E-state index < -0.39 is 10.0 Å². The van der Waals surface area contributed by atoms with E-state index in [2.05, 4.69) is 15.2 Å². The van der Waals surface area contributed by atoms with Crippen LogP contribution in [-0.4, -0.2) is 63.0 Å². The van der Waals surface area contributed by atoms with E-state index in [0.29, 0.717) is 36.2 Å². The molecular weight excluding hydrogens is 412 g/mol. The molecule has 2 aromatic heterocycles. The number of ether oxygens (including phenoxy) is 1. The second kappa shape index (κ2) is 8.78. The van der Waals surface area contributed by atoms with Crippen molar-refractivity contribution in [1.82, 2.24) is 9.29 Å². The van der Waals surface area contributed by atoms with Crippen molar-refractivity contribution >= 4 is 38.8 Å². The molecule has 0 unspecified atom stereocenters. The Morgan fingerprint density at radius 2 is 1.86 bits per heavy atom. The molecule has 2 saturated heterocycles. The quantitative estimate of drug-likeness (QED) is 0.744. The summed E-state index contributed by atoms with van der Waals surface area (Å²) in [6.45, 7) is 4.14. The van der Waals surface area contributed by atoms with E-state index in [1.165, 1.54) is 4.31 Å². The summed E-state index contributed by atoms with van der Waals surface area (Å²) in [5, 5.41) is 2.83. The second-order valence-corrected chi connectivity index (χ2v) is 10.4. The van der Waals surface area contributed by atoms with Crippen LogP contribution >= 0.6 is 11.3 Å². The molecule has 4 rings (SSSR count). The third-order valence-corrected chi connectivity index (χ3v) is 8.45. The number of hydrogen-bond donors (Lipinski definition) is 1. The average molecular weight is 437 g/mol. The lowest BCUT2D eigenvalue weighted by Crippen LogP contribution is -2.36. The summed E-state index contributed by atoms with van der Waals surface area (Å²) in [5.74, 6) is 0.666. The molecule has 156 valence electrons. The van der Waals surface area contributed by atoms with Crippen LogP contribution in [0.15, 0.2) is 34.7 Å². The van der Waals surface area contributed by atoms with E-state index >= 15 is 0 Å². The van der Waals surface area contributed by atoms with E-state index in [0.717, 1.165) is 48.0 Å². The third-order valence-electron chi connectivity index (χ3n) is 5.00.